The monoisotopic (exact) mass is 501 g/mol. The molecule has 142 valence electrons. The van der Waals surface area contributed by atoms with Gasteiger partial charge in [-0.1, -0.05) is 36.4 Å². The second-order valence-electron chi connectivity index (χ2n) is 6.08. The third-order valence-corrected chi connectivity index (χ3v) is 5.66. The van der Waals surface area contributed by atoms with E-state index in [0.29, 0.717) is 5.62 Å². The minimum absolute atomic E-state index is 0.226. The standard InChI is InChI=1S/C21H17Br2N3O2/c22-15-7-1-5-11-19(15)27-13-25-17-9-3-4-10-18(17)26(21(25)24)14-28-20-12-6-2-8-16(20)23/h1-12,24H,13-14H2. The number of benzene rings is 3. The van der Waals surface area contributed by atoms with Crippen LogP contribution in [0.15, 0.2) is 81.7 Å². The van der Waals surface area contributed by atoms with Crippen LogP contribution >= 0.6 is 31.9 Å². The molecule has 1 N–H and O–H groups in total. The average Bonchev–Trinajstić information content (AvgIpc) is 2.98. The van der Waals surface area contributed by atoms with Gasteiger partial charge in [0, 0.05) is 0 Å². The zero-order chi connectivity index (χ0) is 19.5. The normalized spacial score (nSPS) is 10.9. The molecule has 28 heavy (non-hydrogen) atoms. The Morgan fingerprint density at radius 2 is 1.04 bits per heavy atom. The molecule has 0 spiro atoms. The summed E-state index contributed by atoms with van der Waals surface area (Å²) < 4.78 is 17.3. The molecule has 0 saturated heterocycles. The molecule has 4 aromatic rings. The summed E-state index contributed by atoms with van der Waals surface area (Å²) in [4.78, 5) is 0. The third-order valence-electron chi connectivity index (χ3n) is 4.35. The molecule has 1 heterocycles. The Labute approximate surface area is 178 Å². The van der Waals surface area contributed by atoms with Gasteiger partial charge in [-0.25, -0.2) is 0 Å². The number of para-hydroxylation sites is 4. The lowest BCUT2D eigenvalue weighted by molar-refractivity contribution is 0.212. The minimum atomic E-state index is 0.226. The number of nitrogens with zero attached hydrogens (tertiary/aromatic N) is 2. The summed E-state index contributed by atoms with van der Waals surface area (Å²) in [7, 11) is 0. The van der Waals surface area contributed by atoms with E-state index < -0.39 is 0 Å². The molecule has 0 aliphatic heterocycles. The van der Waals surface area contributed by atoms with Crippen LogP contribution in [0.5, 0.6) is 11.5 Å². The van der Waals surface area contributed by atoms with Gasteiger partial charge < -0.3 is 9.47 Å². The Hall–Kier alpha value is -2.51. The van der Waals surface area contributed by atoms with Crippen molar-refractivity contribution in [1.29, 1.82) is 5.41 Å². The molecule has 0 saturated carbocycles. The second-order valence-corrected chi connectivity index (χ2v) is 7.78. The first-order valence-electron chi connectivity index (χ1n) is 8.62. The van der Waals surface area contributed by atoms with Gasteiger partial charge in [-0.3, -0.25) is 14.5 Å². The van der Waals surface area contributed by atoms with E-state index in [4.69, 9.17) is 14.9 Å². The van der Waals surface area contributed by atoms with Crippen molar-refractivity contribution >= 4 is 42.9 Å². The zero-order valence-corrected chi connectivity index (χ0v) is 18.0. The molecule has 0 unspecified atom stereocenters. The van der Waals surface area contributed by atoms with Crippen molar-refractivity contribution < 1.29 is 9.47 Å². The highest BCUT2D eigenvalue weighted by Gasteiger charge is 2.12. The highest BCUT2D eigenvalue weighted by Crippen LogP contribution is 2.26. The van der Waals surface area contributed by atoms with E-state index in [0.717, 1.165) is 31.5 Å². The third kappa shape index (κ3) is 3.72. The fourth-order valence-electron chi connectivity index (χ4n) is 2.95. The van der Waals surface area contributed by atoms with Gasteiger partial charge in [0.15, 0.2) is 13.5 Å². The van der Waals surface area contributed by atoms with Crippen molar-refractivity contribution in [3.8, 4) is 11.5 Å². The number of hydrogen-bond acceptors (Lipinski definition) is 3. The number of hydrogen-bond donors (Lipinski definition) is 1. The Balaban J connectivity index is 1.65. The average molecular weight is 503 g/mol. The van der Waals surface area contributed by atoms with E-state index in [1.54, 1.807) is 0 Å². The molecule has 5 nitrogen and oxygen atoms in total. The fourth-order valence-corrected chi connectivity index (χ4v) is 3.75. The Morgan fingerprint density at radius 3 is 1.46 bits per heavy atom. The van der Waals surface area contributed by atoms with E-state index >= 15 is 0 Å². The van der Waals surface area contributed by atoms with Crippen molar-refractivity contribution in [3.05, 3.63) is 87.4 Å². The summed E-state index contributed by atoms with van der Waals surface area (Å²) in [6.07, 6.45) is 0. The SMILES string of the molecule is N=c1n(COc2ccccc2Br)c2ccccc2n1COc1ccccc1Br. The molecule has 4 rings (SSSR count). The maximum Gasteiger partial charge on any atom is 0.208 e. The van der Waals surface area contributed by atoms with E-state index in [9.17, 15) is 0 Å². The zero-order valence-electron chi connectivity index (χ0n) is 14.8. The molecule has 7 heteroatoms. The van der Waals surface area contributed by atoms with Crippen molar-refractivity contribution in [2.24, 2.45) is 0 Å². The smallest absolute Gasteiger partial charge is 0.208 e. The number of ether oxygens (including phenoxy) is 2. The Bertz CT molecular complexity index is 1090. The number of aromatic nitrogens is 2. The molecular formula is C21H17Br2N3O2. The minimum Gasteiger partial charge on any atom is -0.471 e. The van der Waals surface area contributed by atoms with Gasteiger partial charge in [0.1, 0.15) is 11.5 Å². The lowest BCUT2D eigenvalue weighted by atomic mass is 10.3. The largest absolute Gasteiger partial charge is 0.471 e. The summed E-state index contributed by atoms with van der Waals surface area (Å²) >= 11 is 6.98. The first-order chi connectivity index (χ1) is 13.6. The molecule has 0 bridgehead atoms. The topological polar surface area (TPSA) is 52.2 Å². The molecule has 0 fully saturated rings. The van der Waals surface area contributed by atoms with Gasteiger partial charge in [-0.15, -0.1) is 0 Å². The van der Waals surface area contributed by atoms with Crippen LogP contribution in [-0.2, 0) is 13.5 Å². The summed E-state index contributed by atoms with van der Waals surface area (Å²) in [6.45, 7) is 0.452. The summed E-state index contributed by atoms with van der Waals surface area (Å²) in [5, 5.41) is 8.66. The van der Waals surface area contributed by atoms with Crippen molar-refractivity contribution in [3.63, 3.8) is 0 Å². The van der Waals surface area contributed by atoms with Crippen LogP contribution in [0.3, 0.4) is 0 Å². The van der Waals surface area contributed by atoms with Crippen LogP contribution in [0.2, 0.25) is 0 Å². The molecule has 3 aromatic carbocycles. The van der Waals surface area contributed by atoms with Gasteiger partial charge in [-0.05, 0) is 68.3 Å². The first-order valence-corrected chi connectivity index (χ1v) is 10.2. The van der Waals surface area contributed by atoms with Crippen molar-refractivity contribution in [1.82, 2.24) is 9.13 Å². The first kappa shape index (κ1) is 18.8. The lowest BCUT2D eigenvalue weighted by Crippen LogP contribution is -2.27. The quantitative estimate of drug-likeness (QED) is 0.377. The van der Waals surface area contributed by atoms with Gasteiger partial charge in [0.25, 0.3) is 0 Å². The van der Waals surface area contributed by atoms with Gasteiger partial charge in [0.05, 0.1) is 20.0 Å². The number of imidazole rings is 1. The maximum atomic E-state index is 8.66. The van der Waals surface area contributed by atoms with Gasteiger partial charge >= 0.3 is 0 Å². The van der Waals surface area contributed by atoms with Crippen molar-refractivity contribution in [2.75, 3.05) is 0 Å². The number of fused-ring (bicyclic) bond motifs is 1. The highest BCUT2D eigenvalue weighted by molar-refractivity contribution is 9.10. The summed E-state index contributed by atoms with van der Waals surface area (Å²) in [6, 6.07) is 23.2. The van der Waals surface area contributed by atoms with E-state index in [2.05, 4.69) is 31.9 Å². The Morgan fingerprint density at radius 1 is 0.643 bits per heavy atom. The Kier molecular flexibility index (Phi) is 5.54. The second kappa shape index (κ2) is 8.24. The molecule has 0 atom stereocenters. The molecule has 1 aromatic heterocycles. The van der Waals surface area contributed by atoms with E-state index in [1.807, 2.05) is 81.9 Å². The van der Waals surface area contributed by atoms with Crippen molar-refractivity contribution in [2.45, 2.75) is 13.5 Å². The fraction of sp³-hybridized carbons (Fsp3) is 0.0952. The maximum absolute atomic E-state index is 8.66. The molecular weight excluding hydrogens is 486 g/mol. The summed E-state index contributed by atoms with van der Waals surface area (Å²) in [5.41, 5.74) is 2.13. The van der Waals surface area contributed by atoms with Crippen LogP contribution in [0, 0.1) is 5.41 Å². The predicted molar refractivity (Wildman–Crippen MR) is 115 cm³/mol. The van der Waals surface area contributed by atoms with Gasteiger partial charge in [-0.2, -0.15) is 0 Å². The van der Waals surface area contributed by atoms with Crippen LogP contribution in [-0.4, -0.2) is 9.13 Å². The molecule has 0 amide bonds. The van der Waals surface area contributed by atoms with Gasteiger partial charge in [0.2, 0.25) is 5.62 Å². The summed E-state index contributed by atoms with van der Waals surface area (Å²) in [5.74, 6) is 1.46. The van der Waals surface area contributed by atoms with Crippen LogP contribution < -0.4 is 15.1 Å². The lowest BCUT2D eigenvalue weighted by Gasteiger charge is -2.10. The highest BCUT2D eigenvalue weighted by atomic mass is 79.9. The number of halogens is 2. The molecule has 0 aliphatic rings. The van der Waals surface area contributed by atoms with Crippen LogP contribution in [0.4, 0.5) is 0 Å². The number of rotatable bonds is 6. The van der Waals surface area contributed by atoms with E-state index in [1.165, 1.54) is 0 Å². The molecule has 0 radical (unpaired) electrons. The number of nitrogens with one attached hydrogen (secondary N) is 1. The molecule has 0 aliphatic carbocycles. The van der Waals surface area contributed by atoms with E-state index in [-0.39, 0.29) is 13.5 Å². The van der Waals surface area contributed by atoms with Crippen LogP contribution in [0.25, 0.3) is 11.0 Å². The van der Waals surface area contributed by atoms with Crippen LogP contribution in [0.1, 0.15) is 0 Å². The predicted octanol–water partition coefficient (Wildman–Crippen LogP) is 5.52.